The monoisotopic (exact) mass is 392 g/mol. The number of aromatic nitrogens is 2. The number of nitrogens with one attached hydrogen (secondary N) is 1. The van der Waals surface area contributed by atoms with Gasteiger partial charge in [0.25, 0.3) is 0 Å². The quantitative estimate of drug-likeness (QED) is 0.558. The molecule has 0 aromatic carbocycles. The van der Waals surface area contributed by atoms with Crippen LogP contribution < -0.4 is 14.8 Å². The van der Waals surface area contributed by atoms with E-state index < -0.39 is 42.5 Å². The first-order valence-electron chi connectivity index (χ1n) is 6.54. The molecule has 0 unspecified atom stereocenters. The molecular weight excluding hydrogens is 371 g/mol. The van der Waals surface area contributed by atoms with E-state index in [-0.39, 0.29) is 18.6 Å². The molecule has 2 rings (SSSR count). The number of aliphatic hydroxyl groups excluding tert-OH is 2. The molecule has 0 bridgehead atoms. The summed E-state index contributed by atoms with van der Waals surface area (Å²) in [6.45, 7) is -0.304. The van der Waals surface area contributed by atoms with E-state index in [2.05, 4.69) is 19.8 Å². The van der Waals surface area contributed by atoms with Crippen LogP contribution in [-0.2, 0) is 4.74 Å². The Kier molecular flexibility index (Phi) is 4.43. The van der Waals surface area contributed by atoms with Crippen LogP contribution >= 0.6 is 0 Å². The molecule has 8 heteroatoms. The molecule has 1 aliphatic heterocycles. The Balaban J connectivity index is 2.43. The number of H-pyrrole nitrogens is 1. The summed E-state index contributed by atoms with van der Waals surface area (Å²) in [5, 5.41) is 18.8. The predicted octanol–water partition coefficient (Wildman–Crippen LogP) is -1.28. The van der Waals surface area contributed by atoms with Crippen molar-refractivity contribution < 1.29 is 14.9 Å². The second kappa shape index (κ2) is 5.63. The fourth-order valence-electron chi connectivity index (χ4n) is 2.28. The first-order valence-corrected chi connectivity index (χ1v) is 16.5. The van der Waals surface area contributed by atoms with Gasteiger partial charge in [0.2, 0.25) is 0 Å². The summed E-state index contributed by atoms with van der Waals surface area (Å²) in [5.74, 6) is 0. The molecule has 112 valence electrons. The summed E-state index contributed by atoms with van der Waals surface area (Å²) >= 11 is -2.65. The molecule has 1 fully saturated rings. The van der Waals surface area contributed by atoms with Gasteiger partial charge in [0.15, 0.2) is 0 Å². The van der Waals surface area contributed by atoms with E-state index in [0.29, 0.717) is 3.58 Å². The summed E-state index contributed by atoms with van der Waals surface area (Å²) in [6, 6.07) is 0. The third-order valence-electron chi connectivity index (χ3n) is 3.47. The summed E-state index contributed by atoms with van der Waals surface area (Å²) in [7, 11) is 0. The Labute approximate surface area is 120 Å². The topological polar surface area (TPSA) is 105 Å². The molecular formula is C12H20N2O5Sn. The number of hydrogen-bond donors (Lipinski definition) is 3. The van der Waals surface area contributed by atoms with Crippen LogP contribution in [0.4, 0.5) is 0 Å². The summed E-state index contributed by atoms with van der Waals surface area (Å²) in [5.41, 5.74) is -0.878. The molecule has 3 atom stereocenters. The fraction of sp³-hybridized carbons (Fsp3) is 0.667. The van der Waals surface area contributed by atoms with Gasteiger partial charge in [0.05, 0.1) is 0 Å². The molecule has 1 aromatic rings. The van der Waals surface area contributed by atoms with E-state index in [9.17, 15) is 14.7 Å². The van der Waals surface area contributed by atoms with Crippen LogP contribution in [0, 0.1) is 0 Å². The van der Waals surface area contributed by atoms with Crippen LogP contribution in [0.15, 0.2) is 15.8 Å². The molecule has 7 nitrogen and oxygen atoms in total. The van der Waals surface area contributed by atoms with Gasteiger partial charge in [0.1, 0.15) is 0 Å². The van der Waals surface area contributed by atoms with Gasteiger partial charge in [-0.3, -0.25) is 0 Å². The zero-order valence-corrected chi connectivity index (χ0v) is 14.6. The van der Waals surface area contributed by atoms with Gasteiger partial charge >= 0.3 is 120 Å². The van der Waals surface area contributed by atoms with Crippen LogP contribution in [0.2, 0.25) is 14.8 Å². The maximum atomic E-state index is 11.9. The number of nitrogens with zero attached hydrogens (tertiary/aromatic N) is 1. The second-order valence-electron chi connectivity index (χ2n) is 6.07. The SMILES string of the molecule is [CH3][Sn]([CH3])([CH3])[c]1cn([C@@H]2C[C@H](O)[C@H](CO)O2)c(=O)[nH]c1=O. The Hall–Kier alpha value is -0.641. The van der Waals surface area contributed by atoms with Crippen molar-refractivity contribution in [3.63, 3.8) is 0 Å². The molecule has 0 spiro atoms. The Morgan fingerprint density at radius 1 is 1.45 bits per heavy atom. The van der Waals surface area contributed by atoms with Crippen molar-refractivity contribution in [1.29, 1.82) is 0 Å². The summed E-state index contributed by atoms with van der Waals surface area (Å²) in [6.07, 6.45) is -0.380. The van der Waals surface area contributed by atoms with E-state index in [1.807, 2.05) is 0 Å². The van der Waals surface area contributed by atoms with Gasteiger partial charge < -0.3 is 0 Å². The van der Waals surface area contributed by atoms with Crippen LogP contribution in [0.1, 0.15) is 12.6 Å². The average molecular weight is 391 g/mol. The van der Waals surface area contributed by atoms with Gasteiger partial charge in [-0.15, -0.1) is 0 Å². The zero-order valence-electron chi connectivity index (χ0n) is 11.8. The van der Waals surface area contributed by atoms with Gasteiger partial charge in [-0.25, -0.2) is 0 Å². The Bertz CT molecular complexity index is 603. The normalized spacial score (nSPS) is 26.9. The van der Waals surface area contributed by atoms with Crippen molar-refractivity contribution in [1.82, 2.24) is 9.55 Å². The van der Waals surface area contributed by atoms with Crippen molar-refractivity contribution in [2.24, 2.45) is 0 Å². The van der Waals surface area contributed by atoms with Crippen molar-refractivity contribution >= 4 is 22.0 Å². The first-order chi connectivity index (χ1) is 9.24. The van der Waals surface area contributed by atoms with Crippen molar-refractivity contribution in [2.45, 2.75) is 39.7 Å². The minimum absolute atomic E-state index is 0.219. The van der Waals surface area contributed by atoms with E-state index in [0.717, 1.165) is 0 Å². The van der Waals surface area contributed by atoms with E-state index >= 15 is 0 Å². The Morgan fingerprint density at radius 2 is 2.10 bits per heavy atom. The molecule has 0 saturated carbocycles. The summed E-state index contributed by atoms with van der Waals surface area (Å²) in [4.78, 5) is 32.4. The molecule has 0 aliphatic carbocycles. The number of ether oxygens (including phenoxy) is 1. The van der Waals surface area contributed by atoms with Crippen LogP contribution in [-0.4, -0.2) is 57.0 Å². The van der Waals surface area contributed by atoms with E-state index in [1.165, 1.54) is 4.57 Å². The molecule has 20 heavy (non-hydrogen) atoms. The molecule has 0 radical (unpaired) electrons. The third-order valence-corrected chi connectivity index (χ3v) is 9.10. The van der Waals surface area contributed by atoms with Gasteiger partial charge in [0, 0.05) is 0 Å². The van der Waals surface area contributed by atoms with Crippen molar-refractivity contribution in [3.05, 3.63) is 27.0 Å². The van der Waals surface area contributed by atoms with Crippen LogP contribution in [0.3, 0.4) is 0 Å². The average Bonchev–Trinajstić information content (AvgIpc) is 2.68. The minimum atomic E-state index is -2.65. The van der Waals surface area contributed by atoms with Crippen LogP contribution in [0.25, 0.3) is 0 Å². The van der Waals surface area contributed by atoms with Crippen molar-refractivity contribution in [2.75, 3.05) is 6.61 Å². The first kappa shape index (κ1) is 15.7. The molecule has 3 N–H and O–H groups in total. The number of aromatic amines is 1. The third kappa shape index (κ3) is 3.00. The molecule has 1 aliphatic rings. The molecule has 1 saturated heterocycles. The van der Waals surface area contributed by atoms with E-state index in [4.69, 9.17) is 9.84 Å². The van der Waals surface area contributed by atoms with Gasteiger partial charge in [-0.2, -0.15) is 0 Å². The predicted molar refractivity (Wildman–Crippen MR) is 75.9 cm³/mol. The van der Waals surface area contributed by atoms with Crippen molar-refractivity contribution in [3.8, 4) is 0 Å². The van der Waals surface area contributed by atoms with Gasteiger partial charge in [-0.05, 0) is 0 Å². The standard InChI is InChI=1S/C9H11N2O5.3CH3.Sn/c12-4-6-5(13)3-8(16-6)11-2-1-7(14)10-9(11)15;;;;/h2,5-6,8,12-13H,3-4H2,(H,10,14,15);3*1H3;/t5-,6-,8-;;;;/m0..../s1. The Morgan fingerprint density at radius 3 is 2.60 bits per heavy atom. The zero-order chi connectivity index (χ0) is 15.1. The van der Waals surface area contributed by atoms with E-state index in [1.54, 1.807) is 6.20 Å². The number of hydrogen-bond acceptors (Lipinski definition) is 5. The molecule has 1 aromatic heterocycles. The number of rotatable bonds is 3. The maximum absolute atomic E-state index is 11.9. The fourth-order valence-corrected chi connectivity index (χ4v) is 5.91. The van der Waals surface area contributed by atoms with Gasteiger partial charge in [-0.1, -0.05) is 0 Å². The van der Waals surface area contributed by atoms with Crippen LogP contribution in [0.5, 0.6) is 0 Å². The molecule has 0 amide bonds. The summed E-state index contributed by atoms with van der Waals surface area (Å²) < 4.78 is 7.45. The molecule has 2 heterocycles. The second-order valence-corrected chi connectivity index (χ2v) is 20.5. The number of aliphatic hydroxyl groups is 2.